The molecule has 0 saturated heterocycles. The van der Waals surface area contributed by atoms with Gasteiger partial charge in [-0.05, 0) is 30.3 Å². The first-order valence-electron chi connectivity index (χ1n) is 7.93. The zero-order chi connectivity index (χ0) is 19.0. The van der Waals surface area contributed by atoms with E-state index in [4.69, 9.17) is 0 Å². The highest BCUT2D eigenvalue weighted by Crippen LogP contribution is 2.19. The van der Waals surface area contributed by atoms with E-state index < -0.39 is 17.1 Å². The van der Waals surface area contributed by atoms with Crippen LogP contribution in [0.5, 0.6) is 5.88 Å². The number of H-pyrrole nitrogens is 3. The lowest BCUT2D eigenvalue weighted by molar-refractivity contribution is 0.430. The van der Waals surface area contributed by atoms with Crippen LogP contribution in [0.2, 0.25) is 0 Å². The molecule has 2 aromatic heterocycles. The van der Waals surface area contributed by atoms with Gasteiger partial charge in [0, 0.05) is 6.21 Å². The number of nitrogens with one attached hydrogen (secondary N) is 3. The van der Waals surface area contributed by atoms with Gasteiger partial charge in [-0.2, -0.15) is 0 Å². The third kappa shape index (κ3) is 2.97. The lowest BCUT2D eigenvalue weighted by Crippen LogP contribution is -2.31. The SMILES string of the molecule is O=c1[nH]c2ccc(N=Cc3c(O)n(-c4ccccc4)c(=O)[nH]c3=O)cc2[nH]1. The van der Waals surface area contributed by atoms with Crippen molar-refractivity contribution in [1.29, 1.82) is 0 Å². The van der Waals surface area contributed by atoms with Gasteiger partial charge in [0.25, 0.3) is 5.56 Å². The maximum absolute atomic E-state index is 12.1. The predicted octanol–water partition coefficient (Wildman–Crippen LogP) is 1.15. The maximum Gasteiger partial charge on any atom is 0.335 e. The summed E-state index contributed by atoms with van der Waals surface area (Å²) in [6.07, 6.45) is 1.17. The molecule has 4 aromatic rings. The molecule has 0 bridgehead atoms. The van der Waals surface area contributed by atoms with Crippen molar-refractivity contribution in [3.8, 4) is 11.6 Å². The third-order valence-electron chi connectivity index (χ3n) is 3.98. The van der Waals surface area contributed by atoms with Gasteiger partial charge >= 0.3 is 11.4 Å². The van der Waals surface area contributed by atoms with Crippen molar-refractivity contribution in [1.82, 2.24) is 19.5 Å². The number of imidazole rings is 1. The summed E-state index contributed by atoms with van der Waals surface area (Å²) >= 11 is 0. The zero-order valence-electron chi connectivity index (χ0n) is 13.8. The zero-order valence-corrected chi connectivity index (χ0v) is 13.8. The lowest BCUT2D eigenvalue weighted by atomic mass is 10.2. The van der Waals surface area contributed by atoms with Crippen molar-refractivity contribution in [2.45, 2.75) is 0 Å². The fourth-order valence-corrected chi connectivity index (χ4v) is 2.71. The van der Waals surface area contributed by atoms with Crippen molar-refractivity contribution in [3.05, 3.63) is 85.4 Å². The average Bonchev–Trinajstić information content (AvgIpc) is 3.01. The fraction of sp³-hybridized carbons (Fsp3) is 0. The van der Waals surface area contributed by atoms with Crippen LogP contribution in [-0.4, -0.2) is 30.8 Å². The number of hydrogen-bond acceptors (Lipinski definition) is 5. The third-order valence-corrected chi connectivity index (χ3v) is 3.98. The number of benzene rings is 2. The predicted molar refractivity (Wildman–Crippen MR) is 100 cm³/mol. The van der Waals surface area contributed by atoms with E-state index in [1.165, 1.54) is 6.21 Å². The molecule has 0 aliphatic rings. The number of aromatic amines is 3. The Hall–Kier alpha value is -4.14. The highest BCUT2D eigenvalue weighted by Gasteiger charge is 2.14. The minimum Gasteiger partial charge on any atom is -0.493 e. The lowest BCUT2D eigenvalue weighted by Gasteiger charge is -2.09. The molecule has 0 aliphatic heterocycles. The molecule has 0 fully saturated rings. The van der Waals surface area contributed by atoms with E-state index >= 15 is 0 Å². The number of nitrogens with zero attached hydrogens (tertiary/aromatic N) is 2. The number of aromatic hydroxyl groups is 1. The number of hydrogen-bond donors (Lipinski definition) is 4. The average molecular weight is 363 g/mol. The van der Waals surface area contributed by atoms with Crippen LogP contribution >= 0.6 is 0 Å². The van der Waals surface area contributed by atoms with Crippen LogP contribution in [0.15, 0.2) is 67.9 Å². The monoisotopic (exact) mass is 363 g/mol. The van der Waals surface area contributed by atoms with Gasteiger partial charge in [0.15, 0.2) is 0 Å². The maximum atomic E-state index is 12.1. The Balaban J connectivity index is 1.81. The van der Waals surface area contributed by atoms with Gasteiger partial charge in [0.2, 0.25) is 5.88 Å². The number of aromatic nitrogens is 4. The Bertz CT molecular complexity index is 1340. The molecule has 0 unspecified atom stereocenters. The minimum atomic E-state index is -0.760. The molecule has 9 nitrogen and oxygen atoms in total. The van der Waals surface area contributed by atoms with Gasteiger partial charge in [0.05, 0.1) is 22.4 Å². The molecular formula is C18H13N5O4. The summed E-state index contributed by atoms with van der Waals surface area (Å²) in [5.74, 6) is -0.519. The smallest absolute Gasteiger partial charge is 0.335 e. The van der Waals surface area contributed by atoms with E-state index in [9.17, 15) is 19.5 Å². The van der Waals surface area contributed by atoms with Crippen molar-refractivity contribution in [3.63, 3.8) is 0 Å². The minimum absolute atomic E-state index is 0.166. The molecule has 0 atom stereocenters. The molecule has 0 spiro atoms. The fourth-order valence-electron chi connectivity index (χ4n) is 2.71. The van der Waals surface area contributed by atoms with Crippen molar-refractivity contribution in [2.24, 2.45) is 4.99 Å². The standard InChI is InChI=1S/C18H13N5O4/c24-15-12(9-19-10-6-7-13-14(8-10)21-17(26)20-13)16(25)23(18(27)22-15)11-4-2-1-3-5-11/h1-9,25H,(H2,20,21,26)(H,22,24,27). The molecule has 9 heteroatoms. The number of para-hydroxylation sites is 1. The molecule has 0 amide bonds. The summed E-state index contributed by atoms with van der Waals surface area (Å²) in [6, 6.07) is 13.3. The molecular weight excluding hydrogens is 350 g/mol. The molecule has 2 aromatic carbocycles. The Morgan fingerprint density at radius 1 is 0.926 bits per heavy atom. The van der Waals surface area contributed by atoms with E-state index in [0.717, 1.165) is 4.57 Å². The highest BCUT2D eigenvalue weighted by atomic mass is 16.3. The van der Waals surface area contributed by atoms with Crippen LogP contribution in [-0.2, 0) is 0 Å². The van der Waals surface area contributed by atoms with Crippen molar-refractivity contribution >= 4 is 22.9 Å². The topological polar surface area (TPSA) is 136 Å². The van der Waals surface area contributed by atoms with Gasteiger partial charge in [-0.15, -0.1) is 0 Å². The van der Waals surface area contributed by atoms with Crippen LogP contribution in [0.4, 0.5) is 5.69 Å². The first-order valence-corrected chi connectivity index (χ1v) is 7.93. The first-order chi connectivity index (χ1) is 13.0. The number of aliphatic imine (C=N–C) groups is 1. The van der Waals surface area contributed by atoms with Crippen LogP contribution in [0, 0.1) is 0 Å². The van der Waals surface area contributed by atoms with E-state index in [2.05, 4.69) is 19.9 Å². The molecule has 134 valence electrons. The van der Waals surface area contributed by atoms with Gasteiger partial charge in [0.1, 0.15) is 5.56 Å². The summed E-state index contributed by atoms with van der Waals surface area (Å²) in [4.78, 5) is 47.1. The van der Waals surface area contributed by atoms with Crippen LogP contribution in [0.25, 0.3) is 16.7 Å². The van der Waals surface area contributed by atoms with Crippen molar-refractivity contribution in [2.75, 3.05) is 0 Å². The molecule has 0 aliphatic carbocycles. The van der Waals surface area contributed by atoms with E-state index in [0.29, 0.717) is 22.4 Å². The Morgan fingerprint density at radius 3 is 2.44 bits per heavy atom. The summed E-state index contributed by atoms with van der Waals surface area (Å²) in [6.45, 7) is 0. The van der Waals surface area contributed by atoms with E-state index in [1.807, 2.05) is 0 Å². The van der Waals surface area contributed by atoms with Crippen LogP contribution < -0.4 is 16.9 Å². The Morgan fingerprint density at radius 2 is 1.67 bits per heavy atom. The number of rotatable bonds is 3. The second-order valence-corrected chi connectivity index (χ2v) is 5.73. The molecule has 4 rings (SSSR count). The summed E-state index contributed by atoms with van der Waals surface area (Å²) in [5, 5.41) is 10.5. The van der Waals surface area contributed by atoms with E-state index in [1.54, 1.807) is 48.5 Å². The van der Waals surface area contributed by atoms with Gasteiger partial charge in [-0.1, -0.05) is 18.2 Å². The van der Waals surface area contributed by atoms with Crippen LogP contribution in [0.1, 0.15) is 5.56 Å². The molecule has 27 heavy (non-hydrogen) atoms. The van der Waals surface area contributed by atoms with Gasteiger partial charge in [-0.3, -0.25) is 14.8 Å². The highest BCUT2D eigenvalue weighted by molar-refractivity contribution is 5.86. The Kier molecular flexibility index (Phi) is 3.81. The molecule has 0 radical (unpaired) electrons. The number of fused-ring (bicyclic) bond motifs is 1. The van der Waals surface area contributed by atoms with E-state index in [-0.39, 0.29) is 11.3 Å². The largest absolute Gasteiger partial charge is 0.493 e. The molecule has 4 N–H and O–H groups in total. The van der Waals surface area contributed by atoms with Gasteiger partial charge < -0.3 is 15.1 Å². The van der Waals surface area contributed by atoms with Crippen molar-refractivity contribution < 1.29 is 5.11 Å². The second kappa shape index (κ2) is 6.30. The summed E-state index contributed by atoms with van der Waals surface area (Å²) < 4.78 is 0.982. The van der Waals surface area contributed by atoms with Crippen LogP contribution in [0.3, 0.4) is 0 Å². The Labute approximate surface area is 150 Å². The summed E-state index contributed by atoms with van der Waals surface area (Å²) in [5.41, 5.74) is 0.0125. The van der Waals surface area contributed by atoms with Gasteiger partial charge in [-0.25, -0.2) is 14.2 Å². The normalized spacial score (nSPS) is 11.4. The first kappa shape index (κ1) is 16.3. The summed E-state index contributed by atoms with van der Waals surface area (Å²) in [7, 11) is 0. The molecule has 2 heterocycles. The second-order valence-electron chi connectivity index (χ2n) is 5.73. The quantitative estimate of drug-likeness (QED) is 0.406. The molecule has 0 saturated carbocycles.